The number of morpholine rings is 1. The Hall–Kier alpha value is -2.16. The molecule has 0 radical (unpaired) electrons. The van der Waals surface area contributed by atoms with Crippen LogP contribution in [0.15, 0.2) is 6.07 Å². The molecule has 2 rings (SSSR count). The zero-order valence-electron chi connectivity index (χ0n) is 10.4. The summed E-state index contributed by atoms with van der Waals surface area (Å²) in [6, 6.07) is -1.22. The molecule has 0 bridgehead atoms. The summed E-state index contributed by atoms with van der Waals surface area (Å²) in [5, 5.41) is 8.95. The number of amides is 1. The number of rotatable bonds is 2. The Morgan fingerprint density at radius 1 is 1.19 bits per heavy atom. The van der Waals surface area contributed by atoms with E-state index in [0.717, 1.165) is 0 Å². The van der Waals surface area contributed by atoms with Crippen LogP contribution >= 0.6 is 0 Å². The van der Waals surface area contributed by atoms with E-state index >= 15 is 0 Å². The van der Waals surface area contributed by atoms with E-state index in [0.29, 0.717) is 4.90 Å². The Bertz CT molecular complexity index is 607. The maximum absolute atomic E-state index is 13.6. The molecule has 1 heterocycles. The van der Waals surface area contributed by atoms with E-state index in [9.17, 15) is 27.2 Å². The summed E-state index contributed by atoms with van der Waals surface area (Å²) >= 11 is 0. The van der Waals surface area contributed by atoms with E-state index in [2.05, 4.69) is 0 Å². The van der Waals surface area contributed by atoms with Crippen LogP contribution in [0, 0.1) is 23.3 Å². The van der Waals surface area contributed by atoms with Crippen molar-refractivity contribution in [2.45, 2.75) is 6.04 Å². The summed E-state index contributed by atoms with van der Waals surface area (Å²) in [5.41, 5.74) is -1.07. The highest BCUT2D eigenvalue weighted by Gasteiger charge is 2.35. The fourth-order valence-electron chi connectivity index (χ4n) is 1.93. The van der Waals surface area contributed by atoms with Gasteiger partial charge >= 0.3 is 5.97 Å². The predicted octanol–water partition coefficient (Wildman–Crippen LogP) is 1.17. The monoisotopic (exact) mass is 307 g/mol. The number of carboxylic acids is 1. The highest BCUT2D eigenvalue weighted by atomic mass is 19.2. The quantitative estimate of drug-likeness (QED) is 0.506. The number of carbonyl (C=O) groups is 2. The van der Waals surface area contributed by atoms with Crippen molar-refractivity contribution in [1.29, 1.82) is 0 Å². The van der Waals surface area contributed by atoms with Gasteiger partial charge in [0.1, 0.15) is 0 Å². The van der Waals surface area contributed by atoms with Gasteiger partial charge in [-0.2, -0.15) is 0 Å². The minimum atomic E-state index is -2.13. The first-order chi connectivity index (χ1) is 9.84. The maximum Gasteiger partial charge on any atom is 0.328 e. The van der Waals surface area contributed by atoms with Crippen LogP contribution in [0.1, 0.15) is 10.4 Å². The lowest BCUT2D eigenvalue weighted by Gasteiger charge is -2.32. The molecule has 1 saturated heterocycles. The molecule has 1 aromatic carbocycles. The SMILES string of the molecule is O=C(O)C1COCCN1C(=O)c1cc(F)c(F)c(F)c1F. The minimum Gasteiger partial charge on any atom is -0.480 e. The highest BCUT2D eigenvalue weighted by molar-refractivity contribution is 5.97. The fraction of sp³-hybridized carbons (Fsp3) is 0.333. The summed E-state index contributed by atoms with van der Waals surface area (Å²) < 4.78 is 57.5. The van der Waals surface area contributed by atoms with Crippen LogP contribution in [0.25, 0.3) is 0 Å². The second-order valence-corrected chi connectivity index (χ2v) is 4.28. The van der Waals surface area contributed by atoms with E-state index in [1.807, 2.05) is 0 Å². The van der Waals surface area contributed by atoms with E-state index in [-0.39, 0.29) is 25.8 Å². The van der Waals surface area contributed by atoms with Crippen molar-refractivity contribution in [2.24, 2.45) is 0 Å². The summed E-state index contributed by atoms with van der Waals surface area (Å²) in [7, 11) is 0. The molecule has 1 aromatic rings. The molecule has 1 fully saturated rings. The normalized spacial score (nSPS) is 18.7. The second kappa shape index (κ2) is 5.68. The van der Waals surface area contributed by atoms with E-state index in [4.69, 9.17) is 9.84 Å². The molecule has 5 nitrogen and oxygen atoms in total. The van der Waals surface area contributed by atoms with Crippen LogP contribution in [-0.4, -0.2) is 47.7 Å². The van der Waals surface area contributed by atoms with Crippen molar-refractivity contribution in [3.63, 3.8) is 0 Å². The van der Waals surface area contributed by atoms with Gasteiger partial charge in [0, 0.05) is 6.54 Å². The Morgan fingerprint density at radius 3 is 2.48 bits per heavy atom. The van der Waals surface area contributed by atoms with Crippen LogP contribution in [0.3, 0.4) is 0 Å². The zero-order valence-corrected chi connectivity index (χ0v) is 10.4. The van der Waals surface area contributed by atoms with Gasteiger partial charge in [-0.3, -0.25) is 4.79 Å². The number of nitrogens with zero attached hydrogens (tertiary/aromatic N) is 1. The molecule has 1 atom stereocenters. The van der Waals surface area contributed by atoms with Crippen molar-refractivity contribution in [2.75, 3.05) is 19.8 Å². The lowest BCUT2D eigenvalue weighted by Crippen LogP contribution is -2.52. The lowest BCUT2D eigenvalue weighted by molar-refractivity contribution is -0.147. The largest absolute Gasteiger partial charge is 0.480 e. The Labute approximate surface area is 115 Å². The number of ether oxygens (including phenoxy) is 1. The molecule has 1 unspecified atom stereocenters. The molecule has 21 heavy (non-hydrogen) atoms. The van der Waals surface area contributed by atoms with Crippen LogP contribution in [-0.2, 0) is 9.53 Å². The van der Waals surface area contributed by atoms with Gasteiger partial charge < -0.3 is 14.7 Å². The molecule has 1 N–H and O–H groups in total. The summed E-state index contributed by atoms with van der Waals surface area (Å²) in [5.74, 6) is -10.4. The predicted molar refractivity (Wildman–Crippen MR) is 59.6 cm³/mol. The number of aliphatic carboxylic acids is 1. The van der Waals surface area contributed by atoms with Crippen molar-refractivity contribution < 1.29 is 37.0 Å². The minimum absolute atomic E-state index is 0.0106. The van der Waals surface area contributed by atoms with Gasteiger partial charge in [0.05, 0.1) is 18.8 Å². The van der Waals surface area contributed by atoms with Crippen molar-refractivity contribution in [3.8, 4) is 0 Å². The third-order valence-corrected chi connectivity index (χ3v) is 3.01. The standard InChI is InChI=1S/C12H9F4NO4/c13-6-3-5(8(14)10(16)9(6)15)11(18)17-1-2-21-4-7(17)12(19)20/h3,7H,1-2,4H2,(H,19,20). The molecular weight excluding hydrogens is 298 g/mol. The van der Waals surface area contributed by atoms with Crippen LogP contribution in [0.5, 0.6) is 0 Å². The van der Waals surface area contributed by atoms with Gasteiger partial charge in [0.25, 0.3) is 5.91 Å². The Balaban J connectivity index is 2.42. The van der Waals surface area contributed by atoms with Gasteiger partial charge in [-0.05, 0) is 6.07 Å². The Kier molecular flexibility index (Phi) is 4.12. The van der Waals surface area contributed by atoms with Gasteiger partial charge in [0.15, 0.2) is 29.3 Å². The zero-order chi connectivity index (χ0) is 15.7. The van der Waals surface area contributed by atoms with E-state index in [1.54, 1.807) is 0 Å². The van der Waals surface area contributed by atoms with E-state index in [1.165, 1.54) is 0 Å². The van der Waals surface area contributed by atoms with Crippen molar-refractivity contribution >= 4 is 11.9 Å². The highest BCUT2D eigenvalue weighted by Crippen LogP contribution is 2.21. The number of benzene rings is 1. The first-order valence-electron chi connectivity index (χ1n) is 5.79. The first kappa shape index (κ1) is 15.2. The molecule has 9 heteroatoms. The van der Waals surface area contributed by atoms with Gasteiger partial charge in [0.2, 0.25) is 0 Å². The number of carbonyl (C=O) groups excluding carboxylic acids is 1. The van der Waals surface area contributed by atoms with Gasteiger partial charge in [-0.25, -0.2) is 22.4 Å². The Morgan fingerprint density at radius 2 is 1.86 bits per heavy atom. The van der Waals surface area contributed by atoms with Gasteiger partial charge in [-0.1, -0.05) is 0 Å². The molecular formula is C12H9F4NO4. The fourth-order valence-corrected chi connectivity index (χ4v) is 1.93. The number of hydrogen-bond donors (Lipinski definition) is 1. The topological polar surface area (TPSA) is 66.8 Å². The third-order valence-electron chi connectivity index (χ3n) is 3.01. The van der Waals surface area contributed by atoms with Crippen LogP contribution < -0.4 is 0 Å². The molecule has 0 aliphatic carbocycles. The molecule has 0 saturated carbocycles. The molecule has 1 aliphatic heterocycles. The summed E-state index contributed by atoms with van der Waals surface area (Å²) in [6.07, 6.45) is 0. The van der Waals surface area contributed by atoms with Crippen molar-refractivity contribution in [3.05, 3.63) is 34.9 Å². The second-order valence-electron chi connectivity index (χ2n) is 4.28. The third kappa shape index (κ3) is 2.68. The molecule has 1 amide bonds. The first-order valence-corrected chi connectivity index (χ1v) is 5.79. The lowest BCUT2D eigenvalue weighted by atomic mass is 10.1. The van der Waals surface area contributed by atoms with Crippen LogP contribution in [0.4, 0.5) is 17.6 Å². The number of carboxylic acid groups (broad SMARTS) is 1. The number of halogens is 4. The molecule has 0 aromatic heterocycles. The van der Waals surface area contributed by atoms with E-state index < -0.39 is 46.8 Å². The average molecular weight is 307 g/mol. The smallest absolute Gasteiger partial charge is 0.328 e. The maximum atomic E-state index is 13.6. The summed E-state index contributed by atoms with van der Waals surface area (Å²) in [6.45, 7) is -0.548. The molecule has 1 aliphatic rings. The summed E-state index contributed by atoms with van der Waals surface area (Å²) in [4.78, 5) is 23.8. The average Bonchev–Trinajstić information content (AvgIpc) is 2.48. The number of hydrogen-bond acceptors (Lipinski definition) is 3. The van der Waals surface area contributed by atoms with Gasteiger partial charge in [-0.15, -0.1) is 0 Å². The molecule has 0 spiro atoms. The van der Waals surface area contributed by atoms with Crippen molar-refractivity contribution in [1.82, 2.24) is 4.90 Å². The molecule has 114 valence electrons. The van der Waals surface area contributed by atoms with Crippen LogP contribution in [0.2, 0.25) is 0 Å².